The average Bonchev–Trinajstić information content (AvgIpc) is 1.88. The summed E-state index contributed by atoms with van der Waals surface area (Å²) in [5.41, 5.74) is 0.920. The lowest BCUT2D eigenvalue weighted by Gasteiger charge is -1.94. The third kappa shape index (κ3) is 1.16. The van der Waals surface area contributed by atoms with Gasteiger partial charge in [0.2, 0.25) is 0 Å². The lowest BCUT2D eigenvalue weighted by Crippen LogP contribution is -1.82. The van der Waals surface area contributed by atoms with Crippen molar-refractivity contribution in [2.75, 3.05) is 0 Å². The number of hydrogen-bond donors (Lipinski definition) is 0. The molecule has 0 atom stereocenters. The van der Waals surface area contributed by atoms with Crippen LogP contribution in [0, 0.1) is 25.1 Å². The summed E-state index contributed by atoms with van der Waals surface area (Å²) in [6.45, 7) is 3.55. The van der Waals surface area contributed by atoms with Crippen molar-refractivity contribution in [3.8, 4) is 12.3 Å². The minimum atomic E-state index is -0.380. The Morgan fingerprint density at radius 1 is 1.50 bits per heavy atom. The van der Waals surface area contributed by atoms with Gasteiger partial charge in [0, 0.05) is 0 Å². The highest BCUT2D eigenvalue weighted by atomic mass is 19.1. The van der Waals surface area contributed by atoms with Gasteiger partial charge in [-0.25, -0.2) is 4.39 Å². The van der Waals surface area contributed by atoms with Gasteiger partial charge >= 0.3 is 0 Å². The van der Waals surface area contributed by atoms with E-state index in [4.69, 9.17) is 6.42 Å². The molecular weight excluding hydrogens is 127 g/mol. The van der Waals surface area contributed by atoms with Gasteiger partial charge < -0.3 is 0 Å². The van der Waals surface area contributed by atoms with E-state index in [-0.39, 0.29) is 11.4 Å². The Labute approximate surface area is 59.7 Å². The van der Waals surface area contributed by atoms with Crippen LogP contribution < -0.4 is 0 Å². The summed E-state index contributed by atoms with van der Waals surface area (Å²) in [7, 11) is 0. The minimum Gasteiger partial charge on any atom is -0.206 e. The Bertz CT molecular complexity index is 281. The lowest BCUT2D eigenvalue weighted by atomic mass is 10.1. The first-order chi connectivity index (χ1) is 4.74. The molecule has 0 aliphatic heterocycles. The quantitative estimate of drug-likeness (QED) is 0.475. The number of rotatable bonds is 0. The standard InChI is InChI=1S/C9H6F/c1-3-8-5-4-7(2)6-9(8)10/h1,4-6H,2H2. The molecule has 0 saturated heterocycles. The highest BCUT2D eigenvalue weighted by Crippen LogP contribution is 2.07. The molecule has 1 heteroatoms. The number of halogens is 1. The van der Waals surface area contributed by atoms with Crippen LogP contribution in [-0.4, -0.2) is 0 Å². The SMILES string of the molecule is C#Cc1ccc([CH2])cc1F. The Morgan fingerprint density at radius 3 is 2.70 bits per heavy atom. The van der Waals surface area contributed by atoms with E-state index in [1.54, 1.807) is 6.07 Å². The number of terminal acetylenes is 1. The molecule has 0 amide bonds. The first-order valence-electron chi connectivity index (χ1n) is 2.82. The van der Waals surface area contributed by atoms with E-state index in [0.717, 1.165) is 0 Å². The van der Waals surface area contributed by atoms with Crippen LogP contribution >= 0.6 is 0 Å². The summed E-state index contributed by atoms with van der Waals surface area (Å²) in [5, 5.41) is 0. The zero-order chi connectivity index (χ0) is 7.56. The Hall–Kier alpha value is -1.29. The zero-order valence-electron chi connectivity index (χ0n) is 5.39. The zero-order valence-corrected chi connectivity index (χ0v) is 5.39. The fourth-order valence-electron chi connectivity index (χ4n) is 0.676. The number of hydrogen-bond acceptors (Lipinski definition) is 0. The van der Waals surface area contributed by atoms with Gasteiger partial charge in [-0.05, 0) is 24.6 Å². The molecule has 10 heavy (non-hydrogen) atoms. The predicted octanol–water partition coefficient (Wildman–Crippen LogP) is 1.99. The lowest BCUT2D eigenvalue weighted by molar-refractivity contribution is 0.624. The van der Waals surface area contributed by atoms with E-state index in [2.05, 4.69) is 12.8 Å². The predicted molar refractivity (Wildman–Crippen MR) is 38.8 cm³/mol. The van der Waals surface area contributed by atoms with Crippen molar-refractivity contribution in [2.24, 2.45) is 0 Å². The molecule has 0 N–H and O–H groups in total. The highest BCUT2D eigenvalue weighted by Gasteiger charge is 1.96. The van der Waals surface area contributed by atoms with Crippen LogP contribution in [0.1, 0.15) is 11.1 Å². The molecule has 0 aromatic heterocycles. The van der Waals surface area contributed by atoms with Crippen molar-refractivity contribution in [1.29, 1.82) is 0 Å². The summed E-state index contributed by atoms with van der Waals surface area (Å²) in [5.74, 6) is 1.84. The molecule has 0 aliphatic rings. The maximum Gasteiger partial charge on any atom is 0.139 e. The Kier molecular flexibility index (Phi) is 1.73. The summed E-state index contributed by atoms with van der Waals surface area (Å²) in [6.07, 6.45) is 4.99. The largest absolute Gasteiger partial charge is 0.206 e. The summed E-state index contributed by atoms with van der Waals surface area (Å²) < 4.78 is 12.7. The van der Waals surface area contributed by atoms with Crippen LogP contribution in [0.4, 0.5) is 4.39 Å². The molecule has 0 spiro atoms. The van der Waals surface area contributed by atoms with Crippen molar-refractivity contribution in [3.63, 3.8) is 0 Å². The third-order valence-electron chi connectivity index (χ3n) is 1.19. The molecule has 1 radical (unpaired) electrons. The third-order valence-corrected chi connectivity index (χ3v) is 1.19. The monoisotopic (exact) mass is 133 g/mol. The van der Waals surface area contributed by atoms with Gasteiger partial charge in [-0.2, -0.15) is 0 Å². The van der Waals surface area contributed by atoms with E-state index < -0.39 is 0 Å². The van der Waals surface area contributed by atoms with Crippen LogP contribution in [0.3, 0.4) is 0 Å². The average molecular weight is 133 g/mol. The second kappa shape index (κ2) is 2.53. The molecule has 1 aromatic rings. The van der Waals surface area contributed by atoms with Gasteiger partial charge in [0.05, 0.1) is 5.56 Å². The van der Waals surface area contributed by atoms with Crippen molar-refractivity contribution >= 4 is 0 Å². The summed E-state index contributed by atoms with van der Waals surface area (Å²) in [6, 6.07) is 4.53. The van der Waals surface area contributed by atoms with Gasteiger partial charge in [-0.3, -0.25) is 0 Å². The van der Waals surface area contributed by atoms with E-state index in [1.165, 1.54) is 12.1 Å². The number of benzene rings is 1. The van der Waals surface area contributed by atoms with Gasteiger partial charge in [0.15, 0.2) is 0 Å². The van der Waals surface area contributed by atoms with Crippen LogP contribution in [0.2, 0.25) is 0 Å². The molecular formula is C9H6F. The smallest absolute Gasteiger partial charge is 0.139 e. The van der Waals surface area contributed by atoms with E-state index in [9.17, 15) is 4.39 Å². The van der Waals surface area contributed by atoms with Crippen LogP contribution in [0.25, 0.3) is 0 Å². The van der Waals surface area contributed by atoms with E-state index >= 15 is 0 Å². The van der Waals surface area contributed by atoms with Crippen LogP contribution in [-0.2, 0) is 0 Å². The molecule has 0 unspecified atom stereocenters. The fourth-order valence-corrected chi connectivity index (χ4v) is 0.676. The van der Waals surface area contributed by atoms with Gasteiger partial charge in [0.25, 0.3) is 0 Å². The maximum absolute atomic E-state index is 12.7. The topological polar surface area (TPSA) is 0 Å². The van der Waals surface area contributed by atoms with E-state index in [0.29, 0.717) is 5.56 Å². The van der Waals surface area contributed by atoms with Gasteiger partial charge in [-0.1, -0.05) is 12.0 Å². The van der Waals surface area contributed by atoms with Crippen molar-refractivity contribution in [2.45, 2.75) is 0 Å². The minimum absolute atomic E-state index is 0.285. The molecule has 49 valence electrons. The maximum atomic E-state index is 12.7. The molecule has 0 saturated carbocycles. The molecule has 0 nitrogen and oxygen atoms in total. The second-order valence-corrected chi connectivity index (χ2v) is 1.96. The molecule has 0 fully saturated rings. The molecule has 0 heterocycles. The molecule has 1 rings (SSSR count). The van der Waals surface area contributed by atoms with Gasteiger partial charge in [-0.15, -0.1) is 6.42 Å². The van der Waals surface area contributed by atoms with Crippen LogP contribution in [0.15, 0.2) is 18.2 Å². The first-order valence-corrected chi connectivity index (χ1v) is 2.82. The van der Waals surface area contributed by atoms with Crippen molar-refractivity contribution < 1.29 is 4.39 Å². The Balaban J connectivity index is 3.23. The van der Waals surface area contributed by atoms with Crippen LogP contribution in [0.5, 0.6) is 0 Å². The summed E-state index contributed by atoms with van der Waals surface area (Å²) >= 11 is 0. The van der Waals surface area contributed by atoms with Crippen molar-refractivity contribution in [1.82, 2.24) is 0 Å². The highest BCUT2D eigenvalue weighted by molar-refractivity contribution is 5.36. The Morgan fingerprint density at radius 2 is 2.20 bits per heavy atom. The summed E-state index contributed by atoms with van der Waals surface area (Å²) in [4.78, 5) is 0. The normalized spacial score (nSPS) is 8.90. The molecule has 0 bridgehead atoms. The van der Waals surface area contributed by atoms with Crippen molar-refractivity contribution in [3.05, 3.63) is 42.1 Å². The molecule has 1 aromatic carbocycles. The van der Waals surface area contributed by atoms with E-state index in [1.807, 2.05) is 0 Å². The second-order valence-electron chi connectivity index (χ2n) is 1.96. The fraction of sp³-hybridized carbons (Fsp3) is 0. The van der Waals surface area contributed by atoms with Gasteiger partial charge in [0.1, 0.15) is 5.82 Å². The first kappa shape index (κ1) is 6.82. The molecule has 0 aliphatic carbocycles.